The Kier molecular flexibility index (Phi) is 5.31. The summed E-state index contributed by atoms with van der Waals surface area (Å²) in [4.78, 5) is 29.0. The number of thioether (sulfide) groups is 1. The molecular weight excluding hydrogens is 400 g/mol. The summed E-state index contributed by atoms with van der Waals surface area (Å²) in [6.45, 7) is 0.134. The quantitative estimate of drug-likeness (QED) is 0.662. The molecule has 1 aliphatic heterocycles. The lowest BCUT2D eigenvalue weighted by atomic mass is 10.2. The predicted octanol–water partition coefficient (Wildman–Crippen LogP) is 3.65. The van der Waals surface area contributed by atoms with E-state index in [0.717, 1.165) is 0 Å². The molecule has 2 aromatic carbocycles. The third kappa shape index (κ3) is 4.18. The number of carbonyl (C=O) groups is 2. The molecule has 0 aliphatic carbocycles. The Balaban J connectivity index is 1.34. The van der Waals surface area contributed by atoms with Crippen LogP contribution in [0.3, 0.4) is 0 Å². The minimum Gasteiger partial charge on any atom is -0.486 e. The van der Waals surface area contributed by atoms with E-state index in [-0.39, 0.29) is 24.8 Å². The van der Waals surface area contributed by atoms with Crippen LogP contribution in [0.2, 0.25) is 5.02 Å². The molecule has 3 aromatic rings. The summed E-state index contributed by atoms with van der Waals surface area (Å²) in [7, 11) is 0. The van der Waals surface area contributed by atoms with Crippen molar-refractivity contribution in [3.63, 3.8) is 0 Å². The van der Waals surface area contributed by atoms with Crippen molar-refractivity contribution in [2.45, 2.75) is 23.4 Å². The molecule has 7 nitrogen and oxygen atoms in total. The van der Waals surface area contributed by atoms with Crippen LogP contribution in [-0.2, 0) is 11.4 Å². The minimum absolute atomic E-state index is 0.0556. The minimum atomic E-state index is -0.537. The second kappa shape index (κ2) is 8.04. The molecule has 0 saturated heterocycles. The van der Waals surface area contributed by atoms with E-state index in [1.54, 1.807) is 36.4 Å². The van der Waals surface area contributed by atoms with E-state index >= 15 is 0 Å². The van der Waals surface area contributed by atoms with Crippen molar-refractivity contribution in [1.82, 2.24) is 14.8 Å². The first-order chi connectivity index (χ1) is 13.6. The largest absolute Gasteiger partial charge is 0.486 e. The number of anilines is 1. The number of halogens is 1. The Morgan fingerprint density at radius 3 is 2.64 bits per heavy atom. The third-order valence-electron chi connectivity index (χ3n) is 3.96. The number of aromatic nitrogens is 3. The Morgan fingerprint density at radius 2 is 1.93 bits per heavy atom. The van der Waals surface area contributed by atoms with Gasteiger partial charge in [-0.2, -0.15) is 4.68 Å². The van der Waals surface area contributed by atoms with E-state index in [1.165, 1.54) is 16.4 Å². The highest BCUT2D eigenvalue weighted by Gasteiger charge is 2.36. The molecule has 0 fully saturated rings. The van der Waals surface area contributed by atoms with Gasteiger partial charge in [0.2, 0.25) is 5.91 Å². The molecule has 1 atom stereocenters. The number of benzene rings is 2. The van der Waals surface area contributed by atoms with Crippen molar-refractivity contribution in [2.75, 3.05) is 5.32 Å². The molecule has 0 bridgehead atoms. The van der Waals surface area contributed by atoms with Crippen LogP contribution >= 0.6 is 23.4 Å². The van der Waals surface area contributed by atoms with Crippen LogP contribution in [0.15, 0.2) is 59.8 Å². The maximum atomic E-state index is 12.5. The van der Waals surface area contributed by atoms with Crippen LogP contribution in [0.5, 0.6) is 5.75 Å². The lowest BCUT2D eigenvalue weighted by Crippen LogP contribution is -2.25. The van der Waals surface area contributed by atoms with Crippen LogP contribution < -0.4 is 10.1 Å². The molecule has 1 aliphatic rings. The molecule has 2 heterocycles. The zero-order valence-corrected chi connectivity index (χ0v) is 16.1. The third-order valence-corrected chi connectivity index (χ3v) is 5.34. The van der Waals surface area contributed by atoms with Crippen molar-refractivity contribution in [2.24, 2.45) is 0 Å². The number of para-hydroxylation sites is 1. The van der Waals surface area contributed by atoms with Gasteiger partial charge in [0.25, 0.3) is 5.91 Å². The average Bonchev–Trinajstić information content (AvgIpc) is 3.21. The fraction of sp³-hybridized carbons (Fsp3) is 0.158. The number of fused-ring (bicyclic) bond motifs is 1. The van der Waals surface area contributed by atoms with Gasteiger partial charge in [-0.05, 0) is 36.4 Å². The Hall–Kier alpha value is -2.84. The monoisotopic (exact) mass is 414 g/mol. The topological polar surface area (TPSA) is 86.1 Å². The summed E-state index contributed by atoms with van der Waals surface area (Å²) in [5.74, 6) is 0.550. The van der Waals surface area contributed by atoms with Crippen LogP contribution in [0, 0.1) is 0 Å². The predicted molar refractivity (Wildman–Crippen MR) is 106 cm³/mol. The number of ether oxygens (including phenoxy) is 1. The highest BCUT2D eigenvalue weighted by Crippen LogP contribution is 2.32. The summed E-state index contributed by atoms with van der Waals surface area (Å²) in [5.41, 5.74) is 0.695. The van der Waals surface area contributed by atoms with Crippen molar-refractivity contribution < 1.29 is 14.3 Å². The van der Waals surface area contributed by atoms with Gasteiger partial charge in [-0.3, -0.25) is 9.59 Å². The average molecular weight is 415 g/mol. The van der Waals surface area contributed by atoms with Crippen LogP contribution in [0.4, 0.5) is 5.69 Å². The van der Waals surface area contributed by atoms with Gasteiger partial charge in [0.1, 0.15) is 17.6 Å². The standard InChI is InChI=1S/C19H15ClN4O3S/c20-12-6-8-14(9-7-12)27-11-16-22-19-24(23-16)18(26)15(28-19)10-17(25)21-13-4-2-1-3-5-13/h1-9,15H,10-11H2,(H,21,25). The Bertz CT molecular complexity index is 1010. The molecule has 0 spiro atoms. The summed E-state index contributed by atoms with van der Waals surface area (Å²) in [6, 6.07) is 16.0. The molecule has 28 heavy (non-hydrogen) atoms. The maximum Gasteiger partial charge on any atom is 0.263 e. The van der Waals surface area contributed by atoms with E-state index in [2.05, 4.69) is 15.4 Å². The van der Waals surface area contributed by atoms with Gasteiger partial charge < -0.3 is 10.1 Å². The van der Waals surface area contributed by atoms with Gasteiger partial charge in [-0.25, -0.2) is 4.98 Å². The lowest BCUT2D eigenvalue weighted by Gasteiger charge is -2.08. The Morgan fingerprint density at radius 1 is 1.18 bits per heavy atom. The first-order valence-electron chi connectivity index (χ1n) is 8.48. The number of hydrogen-bond donors (Lipinski definition) is 1. The number of nitrogens with zero attached hydrogens (tertiary/aromatic N) is 3. The molecule has 1 amide bonds. The van der Waals surface area contributed by atoms with Gasteiger partial charge in [0.05, 0.1) is 0 Å². The molecule has 1 unspecified atom stereocenters. The highest BCUT2D eigenvalue weighted by atomic mass is 35.5. The van der Waals surface area contributed by atoms with E-state index in [4.69, 9.17) is 16.3 Å². The van der Waals surface area contributed by atoms with E-state index in [1.807, 2.05) is 18.2 Å². The number of nitrogens with one attached hydrogen (secondary N) is 1. The molecule has 0 radical (unpaired) electrons. The fourth-order valence-electron chi connectivity index (χ4n) is 2.64. The molecule has 9 heteroatoms. The normalized spacial score (nSPS) is 15.3. The van der Waals surface area contributed by atoms with Gasteiger partial charge >= 0.3 is 0 Å². The number of carbonyl (C=O) groups excluding carboxylic acids is 2. The fourth-order valence-corrected chi connectivity index (χ4v) is 3.85. The van der Waals surface area contributed by atoms with E-state index < -0.39 is 5.25 Å². The zero-order chi connectivity index (χ0) is 19.5. The summed E-state index contributed by atoms with van der Waals surface area (Å²) >= 11 is 7.07. The number of rotatable bonds is 6. The molecule has 4 rings (SSSR count). The van der Waals surface area contributed by atoms with Crippen LogP contribution in [-0.4, -0.2) is 31.8 Å². The SMILES string of the molecule is O=C(CC1Sc2nc(COc3ccc(Cl)cc3)nn2C1=O)Nc1ccccc1. The van der Waals surface area contributed by atoms with E-state index in [9.17, 15) is 9.59 Å². The highest BCUT2D eigenvalue weighted by molar-refractivity contribution is 8.00. The van der Waals surface area contributed by atoms with Gasteiger partial charge in [0, 0.05) is 17.1 Å². The first-order valence-corrected chi connectivity index (χ1v) is 9.74. The van der Waals surface area contributed by atoms with Crippen molar-refractivity contribution in [1.29, 1.82) is 0 Å². The van der Waals surface area contributed by atoms with Crippen molar-refractivity contribution >= 4 is 40.9 Å². The number of amides is 1. The number of hydrogen-bond acceptors (Lipinski definition) is 6. The molecule has 142 valence electrons. The summed E-state index contributed by atoms with van der Waals surface area (Å²) in [5, 5.41) is 7.53. The molecule has 1 aromatic heterocycles. The second-order valence-electron chi connectivity index (χ2n) is 6.03. The summed E-state index contributed by atoms with van der Waals surface area (Å²) < 4.78 is 6.84. The molecule has 1 N–H and O–H groups in total. The molecular formula is C19H15ClN4O3S. The van der Waals surface area contributed by atoms with Crippen LogP contribution in [0.1, 0.15) is 17.0 Å². The molecule has 0 saturated carbocycles. The van der Waals surface area contributed by atoms with Gasteiger partial charge in [-0.1, -0.05) is 41.6 Å². The van der Waals surface area contributed by atoms with Crippen molar-refractivity contribution in [3.05, 3.63) is 65.4 Å². The second-order valence-corrected chi connectivity index (χ2v) is 7.63. The summed E-state index contributed by atoms with van der Waals surface area (Å²) in [6.07, 6.45) is 0.0556. The van der Waals surface area contributed by atoms with Crippen LogP contribution in [0.25, 0.3) is 0 Å². The van der Waals surface area contributed by atoms with E-state index in [0.29, 0.717) is 27.4 Å². The lowest BCUT2D eigenvalue weighted by molar-refractivity contribution is -0.116. The van der Waals surface area contributed by atoms with Gasteiger partial charge in [-0.15, -0.1) is 5.10 Å². The maximum absolute atomic E-state index is 12.5. The smallest absolute Gasteiger partial charge is 0.263 e. The van der Waals surface area contributed by atoms with Gasteiger partial charge in [0.15, 0.2) is 11.0 Å². The first kappa shape index (κ1) is 18.5. The zero-order valence-electron chi connectivity index (χ0n) is 14.5. The van der Waals surface area contributed by atoms with Crippen molar-refractivity contribution in [3.8, 4) is 5.75 Å². The Labute approximate surface area is 170 Å².